The standard InChI is InChI=1S/C13H19N3O/c1-2-16(9-13(17)15-10-7-8-10)12-6-4-3-5-11(12)14/h3-6,10H,2,7-9,14H2,1H3,(H,15,17). The maximum Gasteiger partial charge on any atom is 0.239 e. The molecule has 4 nitrogen and oxygen atoms in total. The number of nitrogen functional groups attached to an aromatic ring is 1. The van der Waals surface area contributed by atoms with Crippen LogP contribution in [0.2, 0.25) is 0 Å². The molecule has 1 aromatic rings. The highest BCUT2D eigenvalue weighted by Crippen LogP contribution is 2.22. The van der Waals surface area contributed by atoms with E-state index in [1.807, 2.05) is 36.1 Å². The minimum Gasteiger partial charge on any atom is -0.397 e. The van der Waals surface area contributed by atoms with Crippen LogP contribution in [0.3, 0.4) is 0 Å². The Balaban J connectivity index is 2.00. The lowest BCUT2D eigenvalue weighted by molar-refractivity contribution is -0.119. The van der Waals surface area contributed by atoms with Crippen LogP contribution in [-0.2, 0) is 4.79 Å². The Morgan fingerprint density at radius 1 is 1.47 bits per heavy atom. The minimum atomic E-state index is 0.0811. The van der Waals surface area contributed by atoms with Crippen LogP contribution in [0.5, 0.6) is 0 Å². The molecule has 0 aromatic heterocycles. The zero-order chi connectivity index (χ0) is 12.3. The smallest absolute Gasteiger partial charge is 0.239 e. The fraction of sp³-hybridized carbons (Fsp3) is 0.462. The number of likely N-dealkylation sites (N-methyl/N-ethyl adjacent to an activating group) is 1. The highest BCUT2D eigenvalue weighted by atomic mass is 16.2. The van der Waals surface area contributed by atoms with Crippen LogP contribution in [0.4, 0.5) is 11.4 Å². The first-order valence-corrected chi connectivity index (χ1v) is 6.09. The van der Waals surface area contributed by atoms with Crippen molar-refractivity contribution in [1.82, 2.24) is 5.32 Å². The summed E-state index contributed by atoms with van der Waals surface area (Å²) in [5.41, 5.74) is 7.56. The van der Waals surface area contributed by atoms with Gasteiger partial charge in [0.15, 0.2) is 0 Å². The third-order valence-electron chi connectivity index (χ3n) is 2.94. The van der Waals surface area contributed by atoms with Crippen molar-refractivity contribution in [3.63, 3.8) is 0 Å². The summed E-state index contributed by atoms with van der Waals surface area (Å²) in [5, 5.41) is 2.99. The van der Waals surface area contributed by atoms with E-state index in [0.717, 1.165) is 25.1 Å². The van der Waals surface area contributed by atoms with Gasteiger partial charge in [0.1, 0.15) is 0 Å². The summed E-state index contributed by atoms with van der Waals surface area (Å²) >= 11 is 0. The number of nitrogens with two attached hydrogens (primary N) is 1. The molecule has 1 aliphatic carbocycles. The van der Waals surface area contributed by atoms with Crippen molar-refractivity contribution in [2.45, 2.75) is 25.8 Å². The fourth-order valence-electron chi connectivity index (χ4n) is 1.82. The zero-order valence-corrected chi connectivity index (χ0v) is 10.1. The van der Waals surface area contributed by atoms with Gasteiger partial charge in [-0.1, -0.05) is 12.1 Å². The molecular formula is C13H19N3O. The van der Waals surface area contributed by atoms with E-state index in [1.165, 1.54) is 0 Å². The molecular weight excluding hydrogens is 214 g/mol. The molecule has 0 saturated heterocycles. The molecule has 3 N–H and O–H groups in total. The Hall–Kier alpha value is -1.71. The molecule has 0 unspecified atom stereocenters. The number of benzene rings is 1. The number of nitrogens with zero attached hydrogens (tertiary/aromatic N) is 1. The Labute approximate surface area is 102 Å². The predicted molar refractivity (Wildman–Crippen MR) is 69.9 cm³/mol. The van der Waals surface area contributed by atoms with E-state index in [9.17, 15) is 4.79 Å². The molecule has 1 fully saturated rings. The van der Waals surface area contributed by atoms with Gasteiger partial charge < -0.3 is 16.0 Å². The first-order chi connectivity index (χ1) is 8.20. The number of nitrogens with one attached hydrogen (secondary N) is 1. The van der Waals surface area contributed by atoms with Crippen molar-refractivity contribution >= 4 is 17.3 Å². The molecule has 0 spiro atoms. The molecule has 17 heavy (non-hydrogen) atoms. The topological polar surface area (TPSA) is 58.4 Å². The van der Waals surface area contributed by atoms with Crippen LogP contribution in [0.15, 0.2) is 24.3 Å². The van der Waals surface area contributed by atoms with Gasteiger partial charge in [-0.15, -0.1) is 0 Å². The zero-order valence-electron chi connectivity index (χ0n) is 10.1. The molecule has 2 rings (SSSR count). The van der Waals surface area contributed by atoms with Gasteiger partial charge in [0.05, 0.1) is 17.9 Å². The number of carbonyl (C=O) groups is 1. The van der Waals surface area contributed by atoms with Crippen LogP contribution in [0.25, 0.3) is 0 Å². The highest BCUT2D eigenvalue weighted by molar-refractivity contribution is 5.83. The van der Waals surface area contributed by atoms with E-state index in [4.69, 9.17) is 5.73 Å². The van der Waals surface area contributed by atoms with Crippen molar-refractivity contribution < 1.29 is 4.79 Å². The molecule has 4 heteroatoms. The van der Waals surface area contributed by atoms with Gasteiger partial charge in [0.25, 0.3) is 0 Å². The lowest BCUT2D eigenvalue weighted by Gasteiger charge is -2.23. The average Bonchev–Trinajstić information content (AvgIpc) is 3.11. The Morgan fingerprint density at radius 2 is 2.18 bits per heavy atom. The third-order valence-corrected chi connectivity index (χ3v) is 2.94. The molecule has 1 aromatic carbocycles. The van der Waals surface area contributed by atoms with Gasteiger partial charge in [-0.05, 0) is 31.9 Å². The molecule has 1 amide bonds. The van der Waals surface area contributed by atoms with Crippen LogP contribution < -0.4 is 16.0 Å². The summed E-state index contributed by atoms with van der Waals surface area (Å²) in [6.45, 7) is 3.17. The van der Waals surface area contributed by atoms with Crippen LogP contribution >= 0.6 is 0 Å². The van der Waals surface area contributed by atoms with Crippen molar-refractivity contribution in [3.05, 3.63) is 24.3 Å². The number of rotatable bonds is 5. The van der Waals surface area contributed by atoms with Crippen LogP contribution in [0, 0.1) is 0 Å². The maximum atomic E-state index is 11.8. The van der Waals surface area contributed by atoms with E-state index in [-0.39, 0.29) is 5.91 Å². The first-order valence-electron chi connectivity index (χ1n) is 6.09. The Kier molecular flexibility index (Phi) is 3.52. The normalized spacial score (nSPS) is 14.4. The lowest BCUT2D eigenvalue weighted by atomic mass is 10.2. The lowest BCUT2D eigenvalue weighted by Crippen LogP contribution is -2.38. The van der Waals surface area contributed by atoms with Gasteiger partial charge in [0.2, 0.25) is 5.91 Å². The number of carbonyl (C=O) groups excluding carboxylic acids is 1. The van der Waals surface area contributed by atoms with Crippen molar-refractivity contribution in [1.29, 1.82) is 0 Å². The molecule has 0 atom stereocenters. The van der Waals surface area contributed by atoms with E-state index in [2.05, 4.69) is 5.32 Å². The second-order valence-electron chi connectivity index (χ2n) is 4.41. The first kappa shape index (κ1) is 11.8. The van der Waals surface area contributed by atoms with Crippen molar-refractivity contribution in [2.75, 3.05) is 23.7 Å². The Morgan fingerprint density at radius 3 is 2.76 bits per heavy atom. The second-order valence-corrected chi connectivity index (χ2v) is 4.41. The number of para-hydroxylation sites is 2. The fourth-order valence-corrected chi connectivity index (χ4v) is 1.82. The van der Waals surface area contributed by atoms with E-state index >= 15 is 0 Å². The average molecular weight is 233 g/mol. The SMILES string of the molecule is CCN(CC(=O)NC1CC1)c1ccccc1N. The molecule has 0 bridgehead atoms. The number of amides is 1. The summed E-state index contributed by atoms with van der Waals surface area (Å²) in [6, 6.07) is 8.05. The van der Waals surface area contributed by atoms with E-state index in [0.29, 0.717) is 18.3 Å². The van der Waals surface area contributed by atoms with Gasteiger partial charge in [-0.25, -0.2) is 0 Å². The predicted octanol–water partition coefficient (Wildman–Crippen LogP) is 1.37. The van der Waals surface area contributed by atoms with E-state index < -0.39 is 0 Å². The summed E-state index contributed by atoms with van der Waals surface area (Å²) in [7, 11) is 0. The van der Waals surface area contributed by atoms with Gasteiger partial charge >= 0.3 is 0 Å². The monoisotopic (exact) mass is 233 g/mol. The van der Waals surface area contributed by atoms with Gasteiger partial charge in [0, 0.05) is 12.6 Å². The largest absolute Gasteiger partial charge is 0.397 e. The van der Waals surface area contributed by atoms with Crippen molar-refractivity contribution in [2.24, 2.45) is 0 Å². The summed E-state index contributed by atoms with van der Waals surface area (Å²) in [5.74, 6) is 0.0811. The Bertz CT molecular complexity index is 401. The summed E-state index contributed by atoms with van der Waals surface area (Å²) < 4.78 is 0. The molecule has 0 radical (unpaired) electrons. The van der Waals surface area contributed by atoms with E-state index in [1.54, 1.807) is 0 Å². The second kappa shape index (κ2) is 5.08. The molecule has 1 saturated carbocycles. The quantitative estimate of drug-likeness (QED) is 0.755. The van der Waals surface area contributed by atoms with Crippen LogP contribution in [-0.4, -0.2) is 25.0 Å². The summed E-state index contributed by atoms with van der Waals surface area (Å²) in [4.78, 5) is 13.7. The highest BCUT2D eigenvalue weighted by Gasteiger charge is 2.24. The van der Waals surface area contributed by atoms with Crippen molar-refractivity contribution in [3.8, 4) is 0 Å². The van der Waals surface area contributed by atoms with Gasteiger partial charge in [-0.3, -0.25) is 4.79 Å². The number of hydrogen-bond donors (Lipinski definition) is 2. The molecule has 92 valence electrons. The minimum absolute atomic E-state index is 0.0811. The maximum absolute atomic E-state index is 11.8. The third kappa shape index (κ3) is 3.12. The number of hydrogen-bond acceptors (Lipinski definition) is 3. The molecule has 1 aliphatic rings. The molecule has 0 aliphatic heterocycles. The summed E-state index contributed by atoms with van der Waals surface area (Å²) in [6.07, 6.45) is 2.23. The van der Waals surface area contributed by atoms with Crippen LogP contribution in [0.1, 0.15) is 19.8 Å². The number of anilines is 2. The molecule has 0 heterocycles. The van der Waals surface area contributed by atoms with Gasteiger partial charge in [-0.2, -0.15) is 0 Å².